The van der Waals surface area contributed by atoms with Crippen LogP contribution >= 0.6 is 0 Å². The molecular weight excluding hydrogens is 282 g/mol. The smallest absolute Gasteiger partial charge is 0.0463 e. The zero-order chi connectivity index (χ0) is 15.7. The van der Waals surface area contributed by atoms with E-state index in [4.69, 9.17) is 0 Å². The minimum Gasteiger partial charge on any atom is -0.372 e. The molecule has 0 spiro atoms. The zero-order valence-electron chi connectivity index (χ0n) is 14.2. The Morgan fingerprint density at radius 1 is 0.955 bits per heavy atom. The third-order valence-electron chi connectivity index (χ3n) is 4.80. The lowest BCUT2D eigenvalue weighted by atomic mass is 9.81. The number of fused-ring (bicyclic) bond motifs is 1. The number of rotatable bonds is 3. The predicted octanol–water partition coefficient (Wildman–Crippen LogP) is 5.37. The largest absolute Gasteiger partial charge is 0.372 e. The Morgan fingerprint density at radius 3 is 2.27 bits per heavy atom. The van der Waals surface area contributed by atoms with Gasteiger partial charge < -0.3 is 4.90 Å². The SMILES string of the molecule is CN1c2ccccc2[C@@H](c2ccccc2)C[C@H]1C[Si](C)(C)C. The van der Waals surface area contributed by atoms with Crippen molar-refractivity contribution >= 4 is 13.8 Å². The maximum absolute atomic E-state index is 2.53. The minimum absolute atomic E-state index is 0.537. The first-order valence-electron chi connectivity index (χ1n) is 8.32. The van der Waals surface area contributed by atoms with Crippen LogP contribution in [0.5, 0.6) is 0 Å². The van der Waals surface area contributed by atoms with Crippen LogP contribution < -0.4 is 4.90 Å². The van der Waals surface area contributed by atoms with Gasteiger partial charge in [0.25, 0.3) is 0 Å². The average Bonchev–Trinajstić information content (AvgIpc) is 2.50. The molecule has 3 rings (SSSR count). The van der Waals surface area contributed by atoms with Crippen LogP contribution in [0.3, 0.4) is 0 Å². The van der Waals surface area contributed by atoms with Gasteiger partial charge in [0, 0.05) is 32.8 Å². The Bertz CT molecular complexity index is 630. The van der Waals surface area contributed by atoms with Crippen LogP contribution in [0.1, 0.15) is 23.5 Å². The Labute approximate surface area is 136 Å². The molecule has 0 aliphatic carbocycles. The summed E-state index contributed by atoms with van der Waals surface area (Å²) < 4.78 is 0. The van der Waals surface area contributed by atoms with Crippen LogP contribution in [-0.2, 0) is 0 Å². The molecule has 22 heavy (non-hydrogen) atoms. The van der Waals surface area contributed by atoms with Crippen molar-refractivity contribution in [3.05, 3.63) is 65.7 Å². The van der Waals surface area contributed by atoms with Gasteiger partial charge in [0.1, 0.15) is 0 Å². The average molecular weight is 310 g/mol. The molecule has 1 nitrogen and oxygen atoms in total. The van der Waals surface area contributed by atoms with Crippen LogP contribution in [0.4, 0.5) is 5.69 Å². The predicted molar refractivity (Wildman–Crippen MR) is 99.7 cm³/mol. The van der Waals surface area contributed by atoms with Gasteiger partial charge in [-0.25, -0.2) is 0 Å². The summed E-state index contributed by atoms with van der Waals surface area (Å²) in [6, 6.07) is 22.0. The van der Waals surface area contributed by atoms with Crippen molar-refractivity contribution in [1.29, 1.82) is 0 Å². The highest BCUT2D eigenvalue weighted by molar-refractivity contribution is 6.76. The highest BCUT2D eigenvalue weighted by Gasteiger charge is 2.33. The minimum atomic E-state index is -1.08. The maximum atomic E-state index is 2.53. The lowest BCUT2D eigenvalue weighted by molar-refractivity contribution is 0.546. The maximum Gasteiger partial charge on any atom is 0.0463 e. The van der Waals surface area contributed by atoms with E-state index in [1.54, 1.807) is 0 Å². The first-order valence-corrected chi connectivity index (χ1v) is 12.0. The molecule has 2 aromatic rings. The fraction of sp³-hybridized carbons (Fsp3) is 0.400. The zero-order valence-corrected chi connectivity index (χ0v) is 15.2. The van der Waals surface area contributed by atoms with Gasteiger partial charge in [0.05, 0.1) is 0 Å². The van der Waals surface area contributed by atoms with E-state index in [0.717, 1.165) is 0 Å². The summed E-state index contributed by atoms with van der Waals surface area (Å²) in [5.74, 6) is 0.537. The monoisotopic (exact) mass is 309 g/mol. The molecule has 2 atom stereocenters. The van der Waals surface area contributed by atoms with Gasteiger partial charge in [-0.3, -0.25) is 0 Å². The third kappa shape index (κ3) is 3.12. The third-order valence-corrected chi connectivity index (χ3v) is 6.49. The van der Waals surface area contributed by atoms with Crippen LogP contribution in [0.15, 0.2) is 54.6 Å². The van der Waals surface area contributed by atoms with Crippen molar-refractivity contribution in [1.82, 2.24) is 0 Å². The lowest BCUT2D eigenvalue weighted by Crippen LogP contribution is -2.42. The molecule has 0 fully saturated rings. The number of anilines is 1. The van der Waals surface area contributed by atoms with E-state index in [-0.39, 0.29) is 0 Å². The second kappa shape index (κ2) is 5.92. The summed E-state index contributed by atoms with van der Waals surface area (Å²) in [4.78, 5) is 2.53. The molecule has 2 heteroatoms. The summed E-state index contributed by atoms with van der Waals surface area (Å²) in [5.41, 5.74) is 4.37. The second-order valence-electron chi connectivity index (χ2n) is 7.79. The summed E-state index contributed by atoms with van der Waals surface area (Å²) in [5, 5.41) is 0. The Balaban J connectivity index is 2.01. The fourth-order valence-electron chi connectivity index (χ4n) is 3.79. The molecule has 2 aromatic carbocycles. The van der Waals surface area contributed by atoms with Crippen LogP contribution in [0.25, 0.3) is 0 Å². The topological polar surface area (TPSA) is 3.24 Å². The normalized spacial score (nSPS) is 21.5. The van der Waals surface area contributed by atoms with Crippen molar-refractivity contribution in [2.45, 2.75) is 44.1 Å². The van der Waals surface area contributed by atoms with E-state index in [1.807, 2.05) is 0 Å². The first kappa shape index (κ1) is 15.4. The molecule has 116 valence electrons. The van der Waals surface area contributed by atoms with Crippen molar-refractivity contribution < 1.29 is 0 Å². The molecule has 0 amide bonds. The molecule has 0 bridgehead atoms. The molecule has 0 aromatic heterocycles. The van der Waals surface area contributed by atoms with Crippen molar-refractivity contribution in [3.63, 3.8) is 0 Å². The molecular formula is C20H27NSi. The summed E-state index contributed by atoms with van der Waals surface area (Å²) in [7, 11) is 1.20. The molecule has 0 saturated carbocycles. The van der Waals surface area contributed by atoms with Gasteiger partial charge in [-0.2, -0.15) is 0 Å². The van der Waals surface area contributed by atoms with Crippen molar-refractivity contribution in [2.24, 2.45) is 0 Å². The fourth-order valence-corrected chi connectivity index (χ4v) is 5.64. The highest BCUT2D eigenvalue weighted by Crippen LogP contribution is 2.43. The van der Waals surface area contributed by atoms with E-state index in [0.29, 0.717) is 12.0 Å². The van der Waals surface area contributed by atoms with Gasteiger partial charge >= 0.3 is 0 Å². The van der Waals surface area contributed by atoms with Crippen molar-refractivity contribution in [3.8, 4) is 0 Å². The Morgan fingerprint density at radius 2 is 1.59 bits per heavy atom. The van der Waals surface area contributed by atoms with Gasteiger partial charge in [0.2, 0.25) is 0 Å². The second-order valence-corrected chi connectivity index (χ2v) is 13.3. The number of hydrogen-bond donors (Lipinski definition) is 0. The van der Waals surface area contributed by atoms with E-state index in [9.17, 15) is 0 Å². The number of hydrogen-bond acceptors (Lipinski definition) is 1. The summed E-state index contributed by atoms with van der Waals surface area (Å²) >= 11 is 0. The Hall–Kier alpha value is -1.54. The number of para-hydroxylation sites is 1. The molecule has 1 aliphatic heterocycles. The molecule has 1 heterocycles. The lowest BCUT2D eigenvalue weighted by Gasteiger charge is -2.42. The summed E-state index contributed by atoms with van der Waals surface area (Å²) in [6.45, 7) is 7.45. The summed E-state index contributed by atoms with van der Waals surface area (Å²) in [6.07, 6.45) is 1.24. The van der Waals surface area contributed by atoms with Crippen LogP contribution in [0, 0.1) is 0 Å². The standard InChI is InChI=1S/C20H27NSi/c1-21-17(15-22(2,3)4)14-19(16-10-6-5-7-11-16)18-12-8-9-13-20(18)21/h5-13,17,19H,14-15H2,1-4H3/t17-,19+/m0/s1. The molecule has 0 radical (unpaired) electrons. The molecule has 0 saturated heterocycles. The quantitative estimate of drug-likeness (QED) is 0.689. The van der Waals surface area contributed by atoms with Crippen LogP contribution in [0.2, 0.25) is 25.7 Å². The van der Waals surface area contributed by atoms with E-state index >= 15 is 0 Å². The van der Waals surface area contributed by atoms with Gasteiger partial charge in [0.15, 0.2) is 0 Å². The first-order chi connectivity index (χ1) is 10.5. The van der Waals surface area contributed by atoms with Gasteiger partial charge in [-0.15, -0.1) is 0 Å². The number of nitrogens with zero attached hydrogens (tertiary/aromatic N) is 1. The molecule has 0 unspecified atom stereocenters. The van der Waals surface area contributed by atoms with E-state index < -0.39 is 8.07 Å². The Kier molecular flexibility index (Phi) is 4.13. The molecule has 1 aliphatic rings. The molecule has 0 N–H and O–H groups in total. The number of benzene rings is 2. The van der Waals surface area contributed by atoms with Crippen molar-refractivity contribution in [2.75, 3.05) is 11.9 Å². The van der Waals surface area contributed by atoms with E-state index in [2.05, 4.69) is 86.2 Å². The van der Waals surface area contributed by atoms with Gasteiger partial charge in [-0.1, -0.05) is 68.2 Å². The highest BCUT2D eigenvalue weighted by atomic mass is 28.3. The van der Waals surface area contributed by atoms with Crippen LogP contribution in [-0.4, -0.2) is 21.2 Å². The van der Waals surface area contributed by atoms with E-state index in [1.165, 1.54) is 29.3 Å². The van der Waals surface area contributed by atoms with Gasteiger partial charge in [-0.05, 0) is 29.7 Å².